The highest BCUT2D eigenvalue weighted by atomic mass is 19.3. The molecule has 176 valence electrons. The second kappa shape index (κ2) is 7.62. The van der Waals surface area contributed by atoms with E-state index >= 15 is 0 Å². The Bertz CT molecular complexity index is 1350. The van der Waals surface area contributed by atoms with Gasteiger partial charge in [-0.3, -0.25) is 9.78 Å². The molecule has 0 saturated heterocycles. The third-order valence-corrected chi connectivity index (χ3v) is 6.33. The van der Waals surface area contributed by atoms with Gasteiger partial charge in [0.15, 0.2) is 11.5 Å². The zero-order valence-electron chi connectivity index (χ0n) is 18.5. The molecule has 34 heavy (non-hydrogen) atoms. The SMILES string of the molecule is Cc1cc(C(=O)O)cc(-c2nc(CC(=O)C3(c4ccc5c(c4)OC(F)(F)O5)CC3)ccc2C)c1.[HH]. The first kappa shape index (κ1) is 22.0. The minimum Gasteiger partial charge on any atom is -0.478 e. The lowest BCUT2D eigenvalue weighted by atomic mass is 9.88. The fourth-order valence-corrected chi connectivity index (χ4v) is 4.44. The molecule has 1 aromatic heterocycles. The van der Waals surface area contributed by atoms with E-state index in [0.717, 1.165) is 11.1 Å². The third kappa shape index (κ3) is 3.89. The summed E-state index contributed by atoms with van der Waals surface area (Å²) in [5.41, 5.74) is 3.52. The van der Waals surface area contributed by atoms with Crippen molar-refractivity contribution in [3.63, 3.8) is 0 Å². The number of benzene rings is 2. The highest BCUT2D eigenvalue weighted by Gasteiger charge is 2.52. The van der Waals surface area contributed by atoms with Crippen LogP contribution in [0.25, 0.3) is 11.3 Å². The molecule has 1 aliphatic carbocycles. The lowest BCUT2D eigenvalue weighted by Gasteiger charge is -2.16. The van der Waals surface area contributed by atoms with Crippen molar-refractivity contribution in [1.29, 1.82) is 0 Å². The first-order chi connectivity index (χ1) is 16.1. The number of aromatic carboxylic acids is 1. The van der Waals surface area contributed by atoms with Crippen LogP contribution in [0, 0.1) is 13.8 Å². The second-order valence-electron chi connectivity index (χ2n) is 8.87. The predicted octanol–water partition coefficient (Wildman–Crippen LogP) is 5.47. The van der Waals surface area contributed by atoms with E-state index in [0.29, 0.717) is 35.4 Å². The van der Waals surface area contributed by atoms with Crippen LogP contribution in [0.2, 0.25) is 0 Å². The predicted molar refractivity (Wildman–Crippen MR) is 120 cm³/mol. The van der Waals surface area contributed by atoms with Gasteiger partial charge in [0.2, 0.25) is 0 Å². The number of hydrogen-bond donors (Lipinski definition) is 1. The minimum absolute atomic E-state index is 0. The number of carbonyl (C=O) groups excluding carboxylic acids is 1. The van der Waals surface area contributed by atoms with E-state index in [4.69, 9.17) is 0 Å². The number of ether oxygens (including phenoxy) is 2. The molecule has 0 spiro atoms. The topological polar surface area (TPSA) is 85.7 Å². The summed E-state index contributed by atoms with van der Waals surface area (Å²) in [4.78, 5) is 29.5. The molecule has 3 aromatic rings. The standard InChI is InChI=1S/C26H21F2NO5.H2/c1-14-9-16(11-17(10-14)24(31)32)23-15(2)3-5-19(29-23)13-22(30)25(7-8-25)18-4-6-20-21(12-18)34-26(27,28)33-20;/h3-6,9-12H,7-8,13H2,1-2H3,(H,31,32);1H. The van der Waals surface area contributed by atoms with Crippen molar-refractivity contribution in [3.05, 3.63) is 76.5 Å². The van der Waals surface area contributed by atoms with Gasteiger partial charge in [-0.1, -0.05) is 12.1 Å². The van der Waals surface area contributed by atoms with Crippen molar-refractivity contribution >= 4 is 11.8 Å². The fourth-order valence-electron chi connectivity index (χ4n) is 4.44. The first-order valence-electron chi connectivity index (χ1n) is 10.8. The molecule has 1 saturated carbocycles. The van der Waals surface area contributed by atoms with Crippen LogP contribution < -0.4 is 9.47 Å². The molecular formula is C26H23F2NO5. The van der Waals surface area contributed by atoms with Crippen molar-refractivity contribution in [2.75, 3.05) is 0 Å². The van der Waals surface area contributed by atoms with Gasteiger partial charge in [-0.05, 0) is 79.8 Å². The van der Waals surface area contributed by atoms with Gasteiger partial charge in [0.1, 0.15) is 5.78 Å². The second-order valence-corrected chi connectivity index (χ2v) is 8.87. The molecule has 0 bridgehead atoms. The van der Waals surface area contributed by atoms with E-state index in [9.17, 15) is 23.5 Å². The molecule has 0 amide bonds. The van der Waals surface area contributed by atoms with Crippen molar-refractivity contribution < 1.29 is 34.4 Å². The molecule has 1 fully saturated rings. The number of fused-ring (bicyclic) bond motifs is 1. The fraction of sp³-hybridized carbons (Fsp3) is 0.269. The number of rotatable bonds is 6. The summed E-state index contributed by atoms with van der Waals surface area (Å²) in [6.07, 6.45) is -2.42. The zero-order valence-corrected chi connectivity index (χ0v) is 18.5. The molecular weight excluding hydrogens is 444 g/mol. The smallest absolute Gasteiger partial charge is 0.478 e. The number of carboxylic acids is 1. The Hall–Kier alpha value is -3.81. The first-order valence-corrected chi connectivity index (χ1v) is 10.8. The van der Waals surface area contributed by atoms with E-state index < -0.39 is 17.7 Å². The summed E-state index contributed by atoms with van der Waals surface area (Å²) in [6, 6.07) is 13.1. The van der Waals surface area contributed by atoms with Gasteiger partial charge >= 0.3 is 12.3 Å². The largest absolute Gasteiger partial charge is 0.586 e. The molecule has 6 nitrogen and oxygen atoms in total. The Morgan fingerprint density at radius 1 is 1.03 bits per heavy atom. The molecule has 0 unspecified atom stereocenters. The summed E-state index contributed by atoms with van der Waals surface area (Å²) in [5, 5.41) is 9.39. The Balaban J connectivity index is 0.00000289. The van der Waals surface area contributed by atoms with Gasteiger partial charge < -0.3 is 14.6 Å². The van der Waals surface area contributed by atoms with Crippen LogP contribution in [0.1, 0.15) is 47.0 Å². The molecule has 0 atom stereocenters. The van der Waals surface area contributed by atoms with E-state index in [2.05, 4.69) is 14.5 Å². The van der Waals surface area contributed by atoms with Gasteiger partial charge in [0.05, 0.1) is 16.7 Å². The highest BCUT2D eigenvalue weighted by Crippen LogP contribution is 2.52. The Morgan fingerprint density at radius 2 is 1.76 bits per heavy atom. The van der Waals surface area contributed by atoms with E-state index in [1.165, 1.54) is 12.1 Å². The number of carbonyl (C=O) groups is 2. The molecule has 8 heteroatoms. The number of Topliss-reactive ketones (excluding diaryl/α,β-unsaturated/α-hetero) is 1. The monoisotopic (exact) mass is 467 g/mol. The Morgan fingerprint density at radius 3 is 2.47 bits per heavy atom. The summed E-state index contributed by atoms with van der Waals surface area (Å²) < 4.78 is 35.8. The maximum atomic E-state index is 13.4. The number of ketones is 1. The van der Waals surface area contributed by atoms with E-state index in [1.54, 1.807) is 24.3 Å². The Kier molecular flexibility index (Phi) is 4.93. The van der Waals surface area contributed by atoms with Crippen LogP contribution in [0.5, 0.6) is 11.5 Å². The van der Waals surface area contributed by atoms with Crippen LogP contribution >= 0.6 is 0 Å². The number of nitrogens with zero attached hydrogens (tertiary/aromatic N) is 1. The molecule has 1 aliphatic heterocycles. The summed E-state index contributed by atoms with van der Waals surface area (Å²) in [5.74, 6) is -1.21. The van der Waals surface area contributed by atoms with Crippen LogP contribution in [0.4, 0.5) is 8.78 Å². The van der Waals surface area contributed by atoms with E-state index in [1.807, 2.05) is 26.0 Å². The van der Waals surface area contributed by atoms with Gasteiger partial charge in [0.25, 0.3) is 0 Å². The lowest BCUT2D eigenvalue weighted by Crippen LogP contribution is -2.26. The molecule has 2 aliphatic rings. The minimum atomic E-state index is -3.71. The van der Waals surface area contributed by atoms with Crippen LogP contribution in [-0.2, 0) is 16.6 Å². The maximum absolute atomic E-state index is 13.4. The number of hydrogen-bond acceptors (Lipinski definition) is 5. The number of pyridine rings is 1. The van der Waals surface area contributed by atoms with Gasteiger partial charge in [-0.15, -0.1) is 8.78 Å². The van der Waals surface area contributed by atoms with Gasteiger partial charge in [0, 0.05) is 19.1 Å². The average Bonchev–Trinajstić information content (AvgIpc) is 3.51. The summed E-state index contributed by atoms with van der Waals surface area (Å²) >= 11 is 0. The van der Waals surface area contributed by atoms with Crippen LogP contribution in [0.15, 0.2) is 48.5 Å². The van der Waals surface area contributed by atoms with Crippen molar-refractivity contribution in [3.8, 4) is 22.8 Å². The molecule has 2 heterocycles. The summed E-state index contributed by atoms with van der Waals surface area (Å²) in [6.45, 7) is 3.69. The third-order valence-electron chi connectivity index (χ3n) is 6.33. The zero-order chi connectivity index (χ0) is 24.3. The van der Waals surface area contributed by atoms with Crippen molar-refractivity contribution in [2.24, 2.45) is 0 Å². The summed E-state index contributed by atoms with van der Waals surface area (Å²) in [7, 11) is 0. The van der Waals surface area contributed by atoms with Crippen molar-refractivity contribution in [2.45, 2.75) is 44.8 Å². The van der Waals surface area contributed by atoms with Crippen molar-refractivity contribution in [1.82, 2.24) is 4.98 Å². The van der Waals surface area contributed by atoms with Gasteiger partial charge in [-0.25, -0.2) is 4.79 Å². The average molecular weight is 467 g/mol. The van der Waals surface area contributed by atoms with Crippen LogP contribution in [-0.4, -0.2) is 28.1 Å². The van der Waals surface area contributed by atoms with E-state index in [-0.39, 0.29) is 30.7 Å². The molecule has 0 radical (unpaired) electrons. The maximum Gasteiger partial charge on any atom is 0.586 e. The highest BCUT2D eigenvalue weighted by molar-refractivity contribution is 5.94. The Labute approximate surface area is 195 Å². The molecule has 2 aromatic carbocycles. The lowest BCUT2D eigenvalue weighted by molar-refractivity contribution is -0.286. The number of carboxylic acid groups (broad SMARTS) is 1. The van der Waals surface area contributed by atoms with Crippen LogP contribution in [0.3, 0.4) is 0 Å². The molecule has 1 N–H and O–H groups in total. The quantitative estimate of drug-likeness (QED) is 0.517. The number of aromatic nitrogens is 1. The number of aryl methyl sites for hydroxylation is 2. The normalized spacial score (nSPS) is 16.8. The number of halogens is 2. The molecule has 5 rings (SSSR count). The number of alkyl halides is 2. The van der Waals surface area contributed by atoms with Gasteiger partial charge in [-0.2, -0.15) is 0 Å².